The van der Waals surface area contributed by atoms with Crippen molar-refractivity contribution in [1.82, 2.24) is 10.2 Å². The first-order chi connectivity index (χ1) is 10.0. The predicted octanol–water partition coefficient (Wildman–Crippen LogP) is 3.67. The third-order valence-electron chi connectivity index (χ3n) is 4.58. The molecule has 0 saturated carbocycles. The summed E-state index contributed by atoms with van der Waals surface area (Å²) in [4.78, 5) is 2.62. The summed E-state index contributed by atoms with van der Waals surface area (Å²) in [5.41, 5.74) is 1.30. The summed E-state index contributed by atoms with van der Waals surface area (Å²) in [6.07, 6.45) is 1.22. The van der Waals surface area contributed by atoms with E-state index in [1.807, 2.05) is 6.07 Å². The molecule has 21 heavy (non-hydrogen) atoms. The molecule has 1 aromatic carbocycles. The number of ether oxygens (including phenoxy) is 1. The first kappa shape index (κ1) is 16.8. The van der Waals surface area contributed by atoms with E-state index in [9.17, 15) is 0 Å². The molecule has 1 aromatic rings. The number of nitrogens with zero attached hydrogens (tertiary/aromatic N) is 1. The average molecular weight is 355 g/mol. The number of halogens is 1. The normalized spacial score (nSPS) is 24.8. The molecule has 0 spiro atoms. The molecular weight excluding hydrogens is 328 g/mol. The molecule has 2 rings (SSSR count). The molecule has 1 heterocycles. The van der Waals surface area contributed by atoms with Crippen molar-refractivity contribution >= 4 is 15.9 Å². The van der Waals surface area contributed by atoms with Crippen molar-refractivity contribution in [1.29, 1.82) is 0 Å². The van der Waals surface area contributed by atoms with Gasteiger partial charge in [0.25, 0.3) is 0 Å². The summed E-state index contributed by atoms with van der Waals surface area (Å²) in [7, 11) is 1.72. The smallest absolute Gasteiger partial charge is 0.119 e. The van der Waals surface area contributed by atoms with Crippen LogP contribution in [-0.2, 0) is 6.54 Å². The van der Waals surface area contributed by atoms with Crippen molar-refractivity contribution in [2.24, 2.45) is 5.92 Å². The molecule has 3 unspecified atom stereocenters. The zero-order valence-electron chi connectivity index (χ0n) is 13.5. The van der Waals surface area contributed by atoms with Crippen LogP contribution in [0.15, 0.2) is 22.7 Å². The number of hydrogen-bond donors (Lipinski definition) is 1. The third kappa shape index (κ3) is 4.21. The highest BCUT2D eigenvalue weighted by Gasteiger charge is 2.29. The second-order valence-corrected chi connectivity index (χ2v) is 7.00. The molecule has 0 bridgehead atoms. The highest BCUT2D eigenvalue weighted by atomic mass is 79.9. The van der Waals surface area contributed by atoms with Gasteiger partial charge >= 0.3 is 0 Å². The second kappa shape index (κ2) is 7.61. The average Bonchev–Trinajstić information content (AvgIpc) is 2.49. The molecule has 118 valence electrons. The minimum Gasteiger partial charge on any atom is -0.497 e. The Morgan fingerprint density at radius 3 is 2.90 bits per heavy atom. The Bertz CT molecular complexity index is 466. The van der Waals surface area contributed by atoms with Crippen LogP contribution in [-0.4, -0.2) is 37.2 Å². The minimum absolute atomic E-state index is 0.551. The Hall–Kier alpha value is -0.580. The summed E-state index contributed by atoms with van der Waals surface area (Å²) < 4.78 is 6.53. The van der Waals surface area contributed by atoms with Gasteiger partial charge in [0, 0.05) is 36.2 Å². The van der Waals surface area contributed by atoms with E-state index >= 15 is 0 Å². The summed E-state index contributed by atoms with van der Waals surface area (Å²) in [6.45, 7) is 10.0. The van der Waals surface area contributed by atoms with Gasteiger partial charge in [0.15, 0.2) is 0 Å². The fraction of sp³-hybridized carbons (Fsp3) is 0.647. The van der Waals surface area contributed by atoms with E-state index < -0.39 is 0 Å². The van der Waals surface area contributed by atoms with Gasteiger partial charge in [-0.15, -0.1) is 0 Å². The van der Waals surface area contributed by atoms with Gasteiger partial charge < -0.3 is 10.1 Å². The van der Waals surface area contributed by atoms with Crippen LogP contribution in [0.1, 0.15) is 32.8 Å². The monoisotopic (exact) mass is 354 g/mol. The summed E-state index contributed by atoms with van der Waals surface area (Å²) in [5.74, 6) is 1.63. The molecule has 0 amide bonds. The van der Waals surface area contributed by atoms with Crippen LogP contribution in [0.25, 0.3) is 0 Å². The predicted molar refractivity (Wildman–Crippen MR) is 91.8 cm³/mol. The summed E-state index contributed by atoms with van der Waals surface area (Å²) >= 11 is 3.68. The SMILES string of the molecule is CCC(C)C1CNC(C)CN1Cc1cc(OC)ccc1Br. The van der Waals surface area contributed by atoms with Crippen LogP contribution in [0.4, 0.5) is 0 Å². The molecular formula is C17H27BrN2O. The summed E-state index contributed by atoms with van der Waals surface area (Å²) in [6, 6.07) is 7.38. The van der Waals surface area contributed by atoms with Crippen molar-refractivity contribution in [3.05, 3.63) is 28.2 Å². The van der Waals surface area contributed by atoms with Crippen molar-refractivity contribution in [2.45, 2.75) is 45.8 Å². The fourth-order valence-electron chi connectivity index (χ4n) is 3.04. The van der Waals surface area contributed by atoms with E-state index in [-0.39, 0.29) is 0 Å². The molecule has 0 aliphatic carbocycles. The molecule has 1 aliphatic heterocycles. The quantitative estimate of drug-likeness (QED) is 0.872. The Morgan fingerprint density at radius 1 is 1.48 bits per heavy atom. The van der Waals surface area contributed by atoms with Crippen LogP contribution < -0.4 is 10.1 Å². The maximum Gasteiger partial charge on any atom is 0.119 e. The zero-order chi connectivity index (χ0) is 15.4. The van der Waals surface area contributed by atoms with Crippen LogP contribution in [0.3, 0.4) is 0 Å². The van der Waals surface area contributed by atoms with Gasteiger partial charge in [-0.25, -0.2) is 0 Å². The van der Waals surface area contributed by atoms with Crippen LogP contribution >= 0.6 is 15.9 Å². The molecule has 1 fully saturated rings. The fourth-order valence-corrected chi connectivity index (χ4v) is 3.41. The number of piperazine rings is 1. The van der Waals surface area contributed by atoms with Crippen LogP contribution in [0, 0.1) is 5.92 Å². The van der Waals surface area contributed by atoms with Crippen LogP contribution in [0.2, 0.25) is 0 Å². The first-order valence-electron chi connectivity index (χ1n) is 7.85. The highest BCUT2D eigenvalue weighted by molar-refractivity contribution is 9.10. The number of rotatable bonds is 5. The van der Waals surface area contributed by atoms with Gasteiger partial charge in [-0.05, 0) is 36.6 Å². The van der Waals surface area contributed by atoms with Crippen molar-refractivity contribution in [3.63, 3.8) is 0 Å². The Labute approximate surface area is 137 Å². The van der Waals surface area contributed by atoms with Gasteiger partial charge in [-0.1, -0.05) is 36.2 Å². The summed E-state index contributed by atoms with van der Waals surface area (Å²) in [5, 5.41) is 3.62. The lowest BCUT2D eigenvalue weighted by molar-refractivity contribution is 0.0883. The number of methoxy groups -OCH3 is 1. The Balaban J connectivity index is 2.17. The molecule has 1 N–H and O–H groups in total. The number of nitrogens with one attached hydrogen (secondary N) is 1. The van der Waals surface area contributed by atoms with Gasteiger partial charge in [0.1, 0.15) is 5.75 Å². The topological polar surface area (TPSA) is 24.5 Å². The maximum atomic E-state index is 5.36. The van der Waals surface area contributed by atoms with Gasteiger partial charge in [0.05, 0.1) is 7.11 Å². The van der Waals surface area contributed by atoms with E-state index in [1.165, 1.54) is 12.0 Å². The lowest BCUT2D eigenvalue weighted by Crippen LogP contribution is -2.57. The molecule has 0 aromatic heterocycles. The van der Waals surface area contributed by atoms with Gasteiger partial charge in [-0.2, -0.15) is 0 Å². The number of hydrogen-bond acceptors (Lipinski definition) is 3. The van der Waals surface area contributed by atoms with Gasteiger partial charge in [0.2, 0.25) is 0 Å². The highest BCUT2D eigenvalue weighted by Crippen LogP contribution is 2.27. The first-order valence-corrected chi connectivity index (χ1v) is 8.64. The lowest BCUT2D eigenvalue weighted by atomic mass is 9.94. The third-order valence-corrected chi connectivity index (χ3v) is 5.35. The molecule has 4 heteroatoms. The van der Waals surface area contributed by atoms with E-state index in [0.29, 0.717) is 18.0 Å². The van der Waals surface area contributed by atoms with Gasteiger partial charge in [-0.3, -0.25) is 4.90 Å². The van der Waals surface area contributed by atoms with E-state index in [2.05, 4.69) is 59.1 Å². The minimum atomic E-state index is 0.551. The maximum absolute atomic E-state index is 5.36. The van der Waals surface area contributed by atoms with Crippen LogP contribution in [0.5, 0.6) is 5.75 Å². The zero-order valence-corrected chi connectivity index (χ0v) is 15.1. The number of benzene rings is 1. The molecule has 0 radical (unpaired) electrons. The largest absolute Gasteiger partial charge is 0.497 e. The van der Waals surface area contributed by atoms with E-state index in [0.717, 1.165) is 29.9 Å². The van der Waals surface area contributed by atoms with E-state index in [4.69, 9.17) is 4.74 Å². The Kier molecular flexibility index (Phi) is 6.08. The lowest BCUT2D eigenvalue weighted by Gasteiger charge is -2.42. The Morgan fingerprint density at radius 2 is 2.24 bits per heavy atom. The second-order valence-electron chi connectivity index (χ2n) is 6.15. The molecule has 3 atom stereocenters. The van der Waals surface area contributed by atoms with Crippen molar-refractivity contribution in [3.8, 4) is 5.75 Å². The molecule has 3 nitrogen and oxygen atoms in total. The van der Waals surface area contributed by atoms with E-state index in [1.54, 1.807) is 7.11 Å². The van der Waals surface area contributed by atoms with Crippen molar-refractivity contribution < 1.29 is 4.74 Å². The molecule has 1 saturated heterocycles. The van der Waals surface area contributed by atoms with Crippen molar-refractivity contribution in [2.75, 3.05) is 20.2 Å². The molecule has 1 aliphatic rings. The standard InChI is InChI=1S/C17H27BrN2O/c1-5-12(2)17-9-19-13(3)10-20(17)11-14-8-15(21-4)6-7-16(14)18/h6-8,12-13,17,19H,5,9-11H2,1-4H3.